The highest BCUT2D eigenvalue weighted by Crippen LogP contribution is 2.76. The summed E-state index contributed by atoms with van der Waals surface area (Å²) >= 11 is 5.62. The van der Waals surface area contributed by atoms with E-state index in [0.717, 1.165) is 0 Å². The number of fused-ring (bicyclic) bond motifs is 4. The van der Waals surface area contributed by atoms with Gasteiger partial charge in [0.15, 0.2) is 0 Å². The standard InChI is InChI=1S/C21H22F6S4/c1-5-17-11(9-13(30-17)28-7-3)15-16(20(24,25)21(26,27)19(15,22)23)12-10-14(29-8-4)31-18(12,17)6-2/h9-10H,5-8H2,1-4H3. The fourth-order valence-electron chi connectivity index (χ4n) is 5.09. The average Bonchev–Trinajstić information content (AvgIpc) is 3.28. The smallest absolute Gasteiger partial charge is 0.194 e. The van der Waals surface area contributed by atoms with Gasteiger partial charge in [-0.15, -0.1) is 47.0 Å². The summed E-state index contributed by atoms with van der Waals surface area (Å²) < 4.78 is 89.2. The zero-order chi connectivity index (χ0) is 23.0. The number of thioether (sulfide) groups is 4. The summed E-state index contributed by atoms with van der Waals surface area (Å²) in [6.45, 7) is 7.47. The van der Waals surface area contributed by atoms with Crippen LogP contribution in [0.1, 0.15) is 40.5 Å². The predicted molar refractivity (Wildman–Crippen MR) is 123 cm³/mol. The molecule has 0 spiro atoms. The van der Waals surface area contributed by atoms with E-state index in [0.29, 0.717) is 32.8 Å². The van der Waals surface area contributed by atoms with Gasteiger partial charge < -0.3 is 0 Å². The first-order chi connectivity index (χ1) is 14.4. The molecule has 2 unspecified atom stereocenters. The third-order valence-electron chi connectivity index (χ3n) is 6.37. The van der Waals surface area contributed by atoms with E-state index in [4.69, 9.17) is 0 Å². The maximum atomic E-state index is 15.1. The molecule has 4 rings (SSSR count). The van der Waals surface area contributed by atoms with E-state index >= 15 is 17.6 Å². The van der Waals surface area contributed by atoms with E-state index in [1.54, 1.807) is 0 Å². The molecular weight excluding hydrogens is 494 g/mol. The van der Waals surface area contributed by atoms with Gasteiger partial charge in [-0.2, -0.15) is 26.3 Å². The molecule has 10 heteroatoms. The summed E-state index contributed by atoms with van der Waals surface area (Å²) in [6.07, 6.45) is 3.68. The predicted octanol–water partition coefficient (Wildman–Crippen LogP) is 8.49. The molecule has 2 atom stereocenters. The molecule has 0 aromatic rings. The van der Waals surface area contributed by atoms with Gasteiger partial charge in [0, 0.05) is 19.6 Å². The van der Waals surface area contributed by atoms with Crippen molar-refractivity contribution in [1.82, 2.24) is 0 Å². The highest BCUT2D eigenvalue weighted by molar-refractivity contribution is 8.25. The lowest BCUT2D eigenvalue weighted by atomic mass is 9.68. The molecule has 2 aliphatic heterocycles. The second-order valence-electron chi connectivity index (χ2n) is 7.66. The molecule has 0 aromatic carbocycles. The average molecular weight is 517 g/mol. The molecule has 172 valence electrons. The zero-order valence-electron chi connectivity index (χ0n) is 17.4. The van der Waals surface area contributed by atoms with Gasteiger partial charge in [-0.3, -0.25) is 0 Å². The third-order valence-corrected chi connectivity index (χ3v) is 12.1. The highest BCUT2D eigenvalue weighted by Gasteiger charge is 2.84. The molecule has 0 bridgehead atoms. The van der Waals surface area contributed by atoms with Crippen LogP contribution in [0.5, 0.6) is 0 Å². The molecule has 4 aliphatic rings. The first-order valence-electron chi connectivity index (χ1n) is 10.1. The number of hydrogen-bond donors (Lipinski definition) is 0. The summed E-state index contributed by atoms with van der Waals surface area (Å²) in [5, 5.41) is 0. The van der Waals surface area contributed by atoms with Gasteiger partial charge in [0.25, 0.3) is 0 Å². The van der Waals surface area contributed by atoms with Gasteiger partial charge in [0.2, 0.25) is 0 Å². The Labute approximate surface area is 195 Å². The third kappa shape index (κ3) is 2.71. The van der Waals surface area contributed by atoms with Crippen molar-refractivity contribution in [3.63, 3.8) is 0 Å². The van der Waals surface area contributed by atoms with Gasteiger partial charge in [0.1, 0.15) is 0 Å². The second-order valence-corrected chi connectivity index (χ2v) is 13.5. The van der Waals surface area contributed by atoms with Crippen molar-refractivity contribution in [2.45, 2.75) is 67.8 Å². The molecule has 2 heterocycles. The minimum Gasteiger partial charge on any atom is -0.194 e. The second kappa shape index (κ2) is 7.47. The molecule has 0 nitrogen and oxygen atoms in total. The summed E-state index contributed by atoms with van der Waals surface area (Å²) in [5.74, 6) is -14.0. The summed E-state index contributed by atoms with van der Waals surface area (Å²) in [6, 6.07) is 0. The van der Waals surface area contributed by atoms with Crippen molar-refractivity contribution >= 4 is 47.0 Å². The topological polar surface area (TPSA) is 0 Å². The number of allylic oxidation sites excluding steroid dienone is 4. The van der Waals surface area contributed by atoms with Crippen LogP contribution in [0, 0.1) is 0 Å². The Hall–Kier alpha value is -0.0600. The monoisotopic (exact) mass is 516 g/mol. The molecule has 0 saturated heterocycles. The van der Waals surface area contributed by atoms with Crippen molar-refractivity contribution in [3.05, 3.63) is 42.9 Å². The fraction of sp³-hybridized carbons (Fsp3) is 0.619. The van der Waals surface area contributed by atoms with E-state index in [1.165, 1.54) is 59.2 Å². The maximum absolute atomic E-state index is 15.1. The van der Waals surface area contributed by atoms with Crippen molar-refractivity contribution in [3.8, 4) is 0 Å². The highest BCUT2D eigenvalue weighted by atomic mass is 32.2. The largest absolute Gasteiger partial charge is 0.380 e. The van der Waals surface area contributed by atoms with Crippen LogP contribution in [0.25, 0.3) is 0 Å². The molecular formula is C21H22F6S4. The van der Waals surface area contributed by atoms with Crippen LogP contribution in [-0.2, 0) is 0 Å². The van der Waals surface area contributed by atoms with Crippen LogP contribution in [0.2, 0.25) is 0 Å². The molecule has 0 amide bonds. The van der Waals surface area contributed by atoms with E-state index < -0.39 is 38.4 Å². The van der Waals surface area contributed by atoms with Gasteiger partial charge in [-0.1, -0.05) is 27.7 Å². The lowest BCUT2D eigenvalue weighted by molar-refractivity contribution is -0.258. The summed E-state index contributed by atoms with van der Waals surface area (Å²) in [7, 11) is 0. The molecule has 31 heavy (non-hydrogen) atoms. The van der Waals surface area contributed by atoms with E-state index in [-0.39, 0.29) is 11.1 Å². The van der Waals surface area contributed by atoms with Crippen LogP contribution < -0.4 is 0 Å². The minimum absolute atomic E-state index is 0.0398. The Morgan fingerprint density at radius 1 is 0.677 bits per heavy atom. The molecule has 0 aromatic heterocycles. The lowest BCUT2D eigenvalue weighted by Gasteiger charge is -2.50. The number of hydrogen-bond acceptors (Lipinski definition) is 4. The number of halogens is 6. The van der Waals surface area contributed by atoms with Crippen LogP contribution in [0.4, 0.5) is 26.3 Å². The summed E-state index contributed by atoms with van der Waals surface area (Å²) in [4.78, 5) is 0. The Bertz CT molecular complexity index is 874. The van der Waals surface area contributed by atoms with Crippen molar-refractivity contribution in [2.75, 3.05) is 11.5 Å². The van der Waals surface area contributed by atoms with Crippen molar-refractivity contribution < 1.29 is 26.3 Å². The molecule has 1 fully saturated rings. The fourth-order valence-corrected chi connectivity index (χ4v) is 11.0. The SMILES string of the molecule is CCSC1=CC2=C3C(=C4C=C(SCC)SC4(CC)C2(CC)S1)C(F)(F)C(F)(F)C3(F)F. The van der Waals surface area contributed by atoms with Gasteiger partial charge in [-0.25, -0.2) is 0 Å². The first kappa shape index (κ1) is 24.1. The minimum atomic E-state index is -5.48. The van der Waals surface area contributed by atoms with Crippen molar-refractivity contribution in [1.29, 1.82) is 0 Å². The molecule has 2 aliphatic carbocycles. The van der Waals surface area contributed by atoms with Crippen LogP contribution in [0.3, 0.4) is 0 Å². The van der Waals surface area contributed by atoms with Gasteiger partial charge >= 0.3 is 17.8 Å². The van der Waals surface area contributed by atoms with E-state index in [9.17, 15) is 8.78 Å². The normalized spacial score (nSPS) is 34.5. The Morgan fingerprint density at radius 2 is 1.03 bits per heavy atom. The summed E-state index contributed by atoms with van der Waals surface area (Å²) in [5.41, 5.74) is -2.38. The molecule has 1 saturated carbocycles. The first-order valence-corrected chi connectivity index (χ1v) is 13.7. The van der Waals surface area contributed by atoms with Crippen LogP contribution in [-0.4, -0.2) is 38.8 Å². The van der Waals surface area contributed by atoms with E-state index in [2.05, 4.69) is 0 Å². The van der Waals surface area contributed by atoms with Gasteiger partial charge in [0.05, 0.1) is 9.49 Å². The molecule has 0 N–H and O–H groups in total. The van der Waals surface area contributed by atoms with Crippen molar-refractivity contribution in [2.24, 2.45) is 0 Å². The lowest BCUT2D eigenvalue weighted by Crippen LogP contribution is -2.52. The quantitative estimate of drug-likeness (QED) is 0.325. The van der Waals surface area contributed by atoms with E-state index in [1.807, 2.05) is 27.7 Å². The molecule has 0 radical (unpaired) electrons. The van der Waals surface area contributed by atoms with Crippen LogP contribution in [0.15, 0.2) is 42.9 Å². The number of alkyl halides is 6. The zero-order valence-corrected chi connectivity index (χ0v) is 20.6. The Morgan fingerprint density at radius 3 is 1.32 bits per heavy atom. The Balaban J connectivity index is 2.14. The van der Waals surface area contributed by atoms with Gasteiger partial charge in [-0.05, 0) is 47.6 Å². The maximum Gasteiger partial charge on any atom is 0.380 e. The Kier molecular flexibility index (Phi) is 5.80. The van der Waals surface area contributed by atoms with Crippen LogP contribution >= 0.6 is 47.0 Å². The number of rotatable bonds is 6.